The first-order valence-corrected chi connectivity index (χ1v) is 5.21. The van der Waals surface area contributed by atoms with Crippen LogP contribution in [0.2, 0.25) is 0 Å². The number of ether oxygens (including phenoxy) is 1. The molecule has 4 nitrogen and oxygen atoms in total. The summed E-state index contributed by atoms with van der Waals surface area (Å²) in [4.78, 5) is 11.7. The van der Waals surface area contributed by atoms with Crippen molar-refractivity contribution >= 4 is 5.91 Å². The molecule has 0 bridgehead atoms. The fourth-order valence-corrected chi connectivity index (χ4v) is 1.75. The van der Waals surface area contributed by atoms with Crippen molar-refractivity contribution in [2.24, 2.45) is 5.92 Å². The molecule has 1 heterocycles. The van der Waals surface area contributed by atoms with Crippen LogP contribution in [0.3, 0.4) is 0 Å². The number of carbonyl (C=O) groups is 1. The van der Waals surface area contributed by atoms with Crippen molar-refractivity contribution in [1.82, 2.24) is 5.32 Å². The Labute approximate surface area is 84.6 Å². The van der Waals surface area contributed by atoms with Gasteiger partial charge in [0.1, 0.15) is 0 Å². The molecule has 14 heavy (non-hydrogen) atoms. The van der Waals surface area contributed by atoms with Gasteiger partial charge in [0, 0.05) is 12.6 Å². The first kappa shape index (κ1) is 11.5. The predicted molar refractivity (Wildman–Crippen MR) is 52.8 cm³/mol. The van der Waals surface area contributed by atoms with Crippen LogP contribution in [0, 0.1) is 5.92 Å². The number of hydrogen-bond acceptors (Lipinski definition) is 3. The van der Waals surface area contributed by atoms with Gasteiger partial charge in [-0.15, -0.1) is 0 Å². The van der Waals surface area contributed by atoms with E-state index >= 15 is 0 Å². The number of hydrogen-bond donors (Lipinski definition) is 2. The van der Waals surface area contributed by atoms with E-state index in [0.29, 0.717) is 6.61 Å². The summed E-state index contributed by atoms with van der Waals surface area (Å²) in [6.07, 6.45) is 1.72. The van der Waals surface area contributed by atoms with Crippen LogP contribution < -0.4 is 5.32 Å². The lowest BCUT2D eigenvalue weighted by atomic mass is 9.98. The number of nitrogens with one attached hydrogen (secondary N) is 1. The second-order valence-electron chi connectivity index (χ2n) is 3.80. The normalized spacial score (nSPS) is 28.8. The van der Waals surface area contributed by atoms with Gasteiger partial charge in [0.15, 0.2) is 0 Å². The molecule has 0 radical (unpaired) electrons. The van der Waals surface area contributed by atoms with Crippen LogP contribution in [0.25, 0.3) is 0 Å². The number of amides is 1. The molecule has 0 aromatic carbocycles. The molecule has 2 unspecified atom stereocenters. The highest BCUT2D eigenvalue weighted by molar-refractivity contribution is 5.79. The minimum atomic E-state index is -0.166. The zero-order valence-electron chi connectivity index (χ0n) is 8.82. The molecule has 0 aliphatic carbocycles. The largest absolute Gasteiger partial charge is 0.394 e. The highest BCUT2D eigenvalue weighted by atomic mass is 16.5. The number of aliphatic hydroxyl groups excluding tert-OH is 1. The predicted octanol–water partition coefficient (Wildman–Crippen LogP) is 0.299. The standard InChI is InChI=1S/C10H19NO3/c1-3-9-8(4-5-14-9)10(13)11-7(2)6-12/h7-9,12H,3-6H2,1-2H3,(H,11,13)/t7-,8?,9?/m1/s1. The van der Waals surface area contributed by atoms with E-state index in [9.17, 15) is 4.79 Å². The van der Waals surface area contributed by atoms with E-state index in [2.05, 4.69) is 5.32 Å². The van der Waals surface area contributed by atoms with Gasteiger partial charge in [-0.25, -0.2) is 0 Å². The van der Waals surface area contributed by atoms with Gasteiger partial charge < -0.3 is 15.2 Å². The van der Waals surface area contributed by atoms with Gasteiger partial charge in [0.25, 0.3) is 0 Å². The van der Waals surface area contributed by atoms with Gasteiger partial charge >= 0.3 is 0 Å². The van der Waals surface area contributed by atoms with Crippen molar-refractivity contribution in [3.8, 4) is 0 Å². The highest BCUT2D eigenvalue weighted by Crippen LogP contribution is 2.23. The van der Waals surface area contributed by atoms with Crippen molar-refractivity contribution in [3.63, 3.8) is 0 Å². The van der Waals surface area contributed by atoms with Crippen LogP contribution in [0.4, 0.5) is 0 Å². The van der Waals surface area contributed by atoms with E-state index < -0.39 is 0 Å². The third-order valence-corrected chi connectivity index (χ3v) is 2.61. The second kappa shape index (κ2) is 5.32. The molecule has 0 aromatic heterocycles. The Morgan fingerprint density at radius 1 is 1.71 bits per heavy atom. The van der Waals surface area contributed by atoms with E-state index in [1.165, 1.54) is 0 Å². The molecular formula is C10H19NO3. The molecule has 1 aliphatic heterocycles. The maximum Gasteiger partial charge on any atom is 0.226 e. The lowest BCUT2D eigenvalue weighted by Crippen LogP contribution is -2.41. The molecule has 1 saturated heterocycles. The van der Waals surface area contributed by atoms with Crippen LogP contribution in [0.1, 0.15) is 26.7 Å². The first-order chi connectivity index (χ1) is 6.69. The molecule has 0 spiro atoms. The zero-order valence-corrected chi connectivity index (χ0v) is 8.82. The third kappa shape index (κ3) is 2.69. The monoisotopic (exact) mass is 201 g/mol. The molecule has 3 atom stereocenters. The average Bonchev–Trinajstić information content (AvgIpc) is 2.65. The van der Waals surface area contributed by atoms with Gasteiger partial charge in [-0.1, -0.05) is 6.92 Å². The summed E-state index contributed by atoms with van der Waals surface area (Å²) in [7, 11) is 0. The van der Waals surface area contributed by atoms with Crippen LogP contribution in [-0.2, 0) is 9.53 Å². The maximum absolute atomic E-state index is 11.7. The molecule has 1 fully saturated rings. The summed E-state index contributed by atoms with van der Waals surface area (Å²) in [6.45, 7) is 4.46. The van der Waals surface area contributed by atoms with Crippen LogP contribution in [0.5, 0.6) is 0 Å². The fraction of sp³-hybridized carbons (Fsp3) is 0.900. The Balaban J connectivity index is 2.43. The minimum Gasteiger partial charge on any atom is -0.394 e. The Kier molecular flexibility index (Phi) is 4.35. The molecule has 0 saturated carbocycles. The molecule has 4 heteroatoms. The van der Waals surface area contributed by atoms with Crippen LogP contribution in [0.15, 0.2) is 0 Å². The lowest BCUT2D eigenvalue weighted by molar-refractivity contribution is -0.127. The Morgan fingerprint density at radius 3 is 3.00 bits per heavy atom. The average molecular weight is 201 g/mol. The second-order valence-corrected chi connectivity index (χ2v) is 3.80. The first-order valence-electron chi connectivity index (χ1n) is 5.21. The van der Waals surface area contributed by atoms with Crippen molar-refractivity contribution in [3.05, 3.63) is 0 Å². The van der Waals surface area contributed by atoms with Crippen LogP contribution in [-0.4, -0.2) is 36.4 Å². The van der Waals surface area contributed by atoms with Crippen molar-refractivity contribution in [2.75, 3.05) is 13.2 Å². The van der Waals surface area contributed by atoms with Crippen molar-refractivity contribution in [2.45, 2.75) is 38.8 Å². The molecule has 82 valence electrons. The van der Waals surface area contributed by atoms with E-state index in [0.717, 1.165) is 12.8 Å². The summed E-state index contributed by atoms with van der Waals surface area (Å²) in [5, 5.41) is 11.6. The molecule has 0 aromatic rings. The summed E-state index contributed by atoms with van der Waals surface area (Å²) in [5.41, 5.74) is 0. The Bertz CT molecular complexity index is 196. The highest BCUT2D eigenvalue weighted by Gasteiger charge is 2.32. The number of rotatable bonds is 4. The summed E-state index contributed by atoms with van der Waals surface area (Å²) in [5.74, 6) is -0.0232. The van der Waals surface area contributed by atoms with E-state index in [-0.39, 0.29) is 30.6 Å². The number of carbonyl (C=O) groups excluding carboxylic acids is 1. The summed E-state index contributed by atoms with van der Waals surface area (Å²) < 4.78 is 5.43. The summed E-state index contributed by atoms with van der Waals surface area (Å²) >= 11 is 0. The third-order valence-electron chi connectivity index (χ3n) is 2.61. The lowest BCUT2D eigenvalue weighted by Gasteiger charge is -2.18. The van der Waals surface area contributed by atoms with Gasteiger partial charge in [0.05, 0.1) is 18.6 Å². The fourth-order valence-electron chi connectivity index (χ4n) is 1.75. The SMILES string of the molecule is CCC1OCCC1C(=O)N[C@H](C)CO. The van der Waals surface area contributed by atoms with Crippen molar-refractivity contribution < 1.29 is 14.6 Å². The van der Waals surface area contributed by atoms with Crippen LogP contribution >= 0.6 is 0 Å². The smallest absolute Gasteiger partial charge is 0.226 e. The molecule has 1 aliphatic rings. The van der Waals surface area contributed by atoms with E-state index in [4.69, 9.17) is 9.84 Å². The number of aliphatic hydroxyl groups is 1. The van der Waals surface area contributed by atoms with Gasteiger partial charge in [0.2, 0.25) is 5.91 Å². The van der Waals surface area contributed by atoms with E-state index in [1.807, 2.05) is 6.92 Å². The molecule has 1 rings (SSSR count). The maximum atomic E-state index is 11.7. The topological polar surface area (TPSA) is 58.6 Å². The Hall–Kier alpha value is -0.610. The minimum absolute atomic E-state index is 0.0101. The van der Waals surface area contributed by atoms with Gasteiger partial charge in [-0.05, 0) is 19.8 Å². The quantitative estimate of drug-likeness (QED) is 0.687. The molecule has 2 N–H and O–H groups in total. The Morgan fingerprint density at radius 2 is 2.43 bits per heavy atom. The summed E-state index contributed by atoms with van der Waals surface area (Å²) in [6, 6.07) is -0.166. The van der Waals surface area contributed by atoms with Gasteiger partial charge in [-0.2, -0.15) is 0 Å². The van der Waals surface area contributed by atoms with E-state index in [1.54, 1.807) is 6.92 Å². The molecule has 1 amide bonds. The van der Waals surface area contributed by atoms with Gasteiger partial charge in [-0.3, -0.25) is 4.79 Å². The zero-order chi connectivity index (χ0) is 10.6. The molecular weight excluding hydrogens is 182 g/mol. The van der Waals surface area contributed by atoms with Crippen molar-refractivity contribution in [1.29, 1.82) is 0 Å².